The summed E-state index contributed by atoms with van der Waals surface area (Å²) in [7, 11) is 0. The fourth-order valence-electron chi connectivity index (χ4n) is 2.71. The normalized spacial score (nSPS) is 25.0. The van der Waals surface area contributed by atoms with Crippen LogP contribution in [0.2, 0.25) is 10.0 Å². The summed E-state index contributed by atoms with van der Waals surface area (Å²) < 4.78 is 0. The molecule has 2 nitrogen and oxygen atoms in total. The fourth-order valence-corrected chi connectivity index (χ4v) is 3.12. The first-order chi connectivity index (χ1) is 8.74. The molecule has 2 aliphatic rings. The molecule has 0 bridgehead atoms. The van der Waals surface area contributed by atoms with Crippen molar-refractivity contribution in [1.29, 1.82) is 0 Å². The van der Waals surface area contributed by atoms with Gasteiger partial charge in [0, 0.05) is 24.2 Å². The zero-order valence-electron chi connectivity index (χ0n) is 10.3. The third-order valence-electron chi connectivity index (χ3n) is 3.87. The quantitative estimate of drug-likeness (QED) is 0.893. The Labute approximate surface area is 118 Å². The van der Waals surface area contributed by atoms with Gasteiger partial charge in [-0.25, -0.2) is 0 Å². The van der Waals surface area contributed by atoms with Crippen LogP contribution in [0.3, 0.4) is 0 Å². The summed E-state index contributed by atoms with van der Waals surface area (Å²) >= 11 is 12.4. The van der Waals surface area contributed by atoms with Gasteiger partial charge in [-0.05, 0) is 49.9 Å². The third kappa shape index (κ3) is 2.76. The van der Waals surface area contributed by atoms with Crippen LogP contribution in [-0.4, -0.2) is 25.7 Å². The van der Waals surface area contributed by atoms with Gasteiger partial charge in [-0.1, -0.05) is 23.2 Å². The summed E-state index contributed by atoms with van der Waals surface area (Å²) in [5.41, 5.74) is 1.08. The van der Waals surface area contributed by atoms with E-state index in [1.807, 2.05) is 18.2 Å². The molecule has 3 rings (SSSR count). The first-order valence-corrected chi connectivity index (χ1v) is 7.43. The van der Waals surface area contributed by atoms with Crippen molar-refractivity contribution in [3.8, 4) is 0 Å². The van der Waals surface area contributed by atoms with Crippen molar-refractivity contribution in [2.24, 2.45) is 5.92 Å². The van der Waals surface area contributed by atoms with Gasteiger partial charge in [-0.2, -0.15) is 0 Å². The van der Waals surface area contributed by atoms with Crippen molar-refractivity contribution in [3.05, 3.63) is 28.2 Å². The van der Waals surface area contributed by atoms with E-state index in [1.54, 1.807) is 0 Å². The van der Waals surface area contributed by atoms with E-state index in [2.05, 4.69) is 10.2 Å². The van der Waals surface area contributed by atoms with Crippen molar-refractivity contribution in [2.75, 3.05) is 24.5 Å². The topological polar surface area (TPSA) is 15.3 Å². The first-order valence-electron chi connectivity index (χ1n) is 6.67. The largest absolute Gasteiger partial charge is 0.369 e. The highest BCUT2D eigenvalue weighted by atomic mass is 35.5. The molecule has 1 aromatic carbocycles. The summed E-state index contributed by atoms with van der Waals surface area (Å²) in [6, 6.07) is 6.34. The molecule has 1 N–H and O–H groups in total. The van der Waals surface area contributed by atoms with Crippen LogP contribution in [0.4, 0.5) is 5.69 Å². The van der Waals surface area contributed by atoms with Crippen LogP contribution in [0, 0.1) is 5.92 Å². The zero-order chi connectivity index (χ0) is 12.5. The van der Waals surface area contributed by atoms with Crippen LogP contribution in [0.25, 0.3) is 0 Å². The molecule has 0 radical (unpaired) electrons. The molecule has 98 valence electrons. The third-order valence-corrected chi connectivity index (χ3v) is 4.42. The molecule has 1 saturated carbocycles. The molecule has 1 atom stereocenters. The molecule has 0 spiro atoms. The number of nitrogens with zero attached hydrogens (tertiary/aromatic N) is 1. The second kappa shape index (κ2) is 5.28. The minimum absolute atomic E-state index is 0.613. The lowest BCUT2D eigenvalue weighted by Crippen LogP contribution is -2.39. The van der Waals surface area contributed by atoms with Gasteiger partial charge in [-0.3, -0.25) is 0 Å². The molecule has 1 aromatic rings. The highest BCUT2D eigenvalue weighted by Gasteiger charge is 2.33. The summed E-state index contributed by atoms with van der Waals surface area (Å²) in [4.78, 5) is 2.39. The van der Waals surface area contributed by atoms with E-state index in [1.165, 1.54) is 12.8 Å². The van der Waals surface area contributed by atoms with Gasteiger partial charge < -0.3 is 10.2 Å². The number of hydrogen-bond acceptors (Lipinski definition) is 2. The highest BCUT2D eigenvalue weighted by molar-refractivity contribution is 6.35. The number of anilines is 1. The molecule has 1 heterocycles. The Morgan fingerprint density at radius 1 is 1.22 bits per heavy atom. The summed E-state index contributed by atoms with van der Waals surface area (Å²) in [5, 5.41) is 5.22. The van der Waals surface area contributed by atoms with Gasteiger partial charge in [0.25, 0.3) is 0 Å². The molecule has 0 aromatic heterocycles. The molecule has 0 amide bonds. The molecule has 1 saturated heterocycles. The lowest BCUT2D eigenvalue weighted by atomic mass is 10.1. The molecular weight excluding hydrogens is 267 g/mol. The lowest BCUT2D eigenvalue weighted by molar-refractivity contribution is 0.490. The smallest absolute Gasteiger partial charge is 0.0640 e. The second-order valence-corrected chi connectivity index (χ2v) is 6.14. The molecule has 18 heavy (non-hydrogen) atoms. The second-order valence-electron chi connectivity index (χ2n) is 5.29. The minimum atomic E-state index is 0.613. The van der Waals surface area contributed by atoms with Crippen molar-refractivity contribution < 1.29 is 0 Å². The number of halogens is 2. The van der Waals surface area contributed by atoms with Crippen molar-refractivity contribution in [2.45, 2.75) is 25.3 Å². The van der Waals surface area contributed by atoms with Crippen molar-refractivity contribution in [3.63, 3.8) is 0 Å². The summed E-state index contributed by atoms with van der Waals surface area (Å²) in [6.45, 7) is 3.21. The van der Waals surface area contributed by atoms with Gasteiger partial charge in [0.15, 0.2) is 0 Å². The number of rotatable bonds is 2. The van der Waals surface area contributed by atoms with Crippen molar-refractivity contribution in [1.82, 2.24) is 5.32 Å². The summed E-state index contributed by atoms with van der Waals surface area (Å²) in [5.74, 6) is 0.864. The predicted molar refractivity (Wildman–Crippen MR) is 77.8 cm³/mol. The maximum Gasteiger partial charge on any atom is 0.0640 e. The minimum Gasteiger partial charge on any atom is -0.369 e. The Morgan fingerprint density at radius 2 is 2.06 bits per heavy atom. The Hall–Kier alpha value is -0.440. The Kier molecular flexibility index (Phi) is 3.69. The van der Waals surface area contributed by atoms with E-state index >= 15 is 0 Å². The highest BCUT2D eigenvalue weighted by Crippen LogP contribution is 2.36. The average molecular weight is 285 g/mol. The number of benzene rings is 1. The van der Waals surface area contributed by atoms with Gasteiger partial charge >= 0.3 is 0 Å². The van der Waals surface area contributed by atoms with E-state index in [9.17, 15) is 0 Å². The SMILES string of the molecule is Clc1ccc(Cl)c(N2CCCNC(C3CC3)C2)c1. The number of hydrogen-bond donors (Lipinski definition) is 1. The Bertz CT molecular complexity index is 432. The lowest BCUT2D eigenvalue weighted by Gasteiger charge is -2.27. The Morgan fingerprint density at radius 3 is 2.83 bits per heavy atom. The van der Waals surface area contributed by atoms with Gasteiger partial charge in [-0.15, -0.1) is 0 Å². The van der Waals surface area contributed by atoms with E-state index in [-0.39, 0.29) is 0 Å². The standard InChI is InChI=1S/C14H18Cl2N2/c15-11-4-5-12(16)14(8-11)18-7-1-6-17-13(9-18)10-2-3-10/h4-5,8,10,13,17H,1-3,6-7,9H2. The summed E-state index contributed by atoms with van der Waals surface area (Å²) in [6.07, 6.45) is 3.90. The predicted octanol–water partition coefficient (Wildman–Crippen LogP) is 3.57. The molecule has 1 aliphatic carbocycles. The van der Waals surface area contributed by atoms with Crippen LogP contribution in [0.1, 0.15) is 19.3 Å². The fraction of sp³-hybridized carbons (Fsp3) is 0.571. The zero-order valence-corrected chi connectivity index (χ0v) is 11.8. The maximum atomic E-state index is 6.31. The van der Waals surface area contributed by atoms with Crippen LogP contribution < -0.4 is 10.2 Å². The van der Waals surface area contributed by atoms with Gasteiger partial charge in [0.2, 0.25) is 0 Å². The average Bonchev–Trinajstić information content (AvgIpc) is 3.16. The van der Waals surface area contributed by atoms with Crippen LogP contribution in [0.5, 0.6) is 0 Å². The monoisotopic (exact) mass is 284 g/mol. The molecule has 4 heteroatoms. The van der Waals surface area contributed by atoms with Crippen LogP contribution in [0.15, 0.2) is 18.2 Å². The van der Waals surface area contributed by atoms with E-state index < -0.39 is 0 Å². The van der Waals surface area contributed by atoms with E-state index in [0.717, 1.165) is 47.7 Å². The van der Waals surface area contributed by atoms with Crippen LogP contribution in [-0.2, 0) is 0 Å². The molecule has 1 unspecified atom stereocenters. The van der Waals surface area contributed by atoms with E-state index in [0.29, 0.717) is 6.04 Å². The number of nitrogens with one attached hydrogen (secondary N) is 1. The Balaban J connectivity index is 1.82. The molecular formula is C14H18Cl2N2. The van der Waals surface area contributed by atoms with E-state index in [4.69, 9.17) is 23.2 Å². The van der Waals surface area contributed by atoms with Crippen LogP contribution >= 0.6 is 23.2 Å². The maximum absolute atomic E-state index is 6.31. The molecule has 1 aliphatic heterocycles. The van der Waals surface area contributed by atoms with Crippen molar-refractivity contribution >= 4 is 28.9 Å². The first kappa shape index (κ1) is 12.6. The molecule has 2 fully saturated rings. The van der Waals surface area contributed by atoms with Gasteiger partial charge in [0.05, 0.1) is 10.7 Å². The van der Waals surface area contributed by atoms with Gasteiger partial charge in [0.1, 0.15) is 0 Å².